The monoisotopic (exact) mass is 556 g/mol. The van der Waals surface area contributed by atoms with E-state index in [4.69, 9.17) is 28.8 Å². The molecule has 0 unspecified atom stereocenters. The van der Waals surface area contributed by atoms with Crippen LogP contribution in [0.2, 0.25) is 5.02 Å². The maximum absolute atomic E-state index is 7.00. The fraction of sp³-hybridized carbons (Fsp3) is 0.323. The van der Waals surface area contributed by atoms with E-state index in [1.807, 2.05) is 30.6 Å². The van der Waals surface area contributed by atoms with Gasteiger partial charge in [0.25, 0.3) is 0 Å². The van der Waals surface area contributed by atoms with Crippen LogP contribution in [-0.4, -0.2) is 32.7 Å². The lowest BCUT2D eigenvalue weighted by Crippen LogP contribution is -2.38. The fourth-order valence-electron chi connectivity index (χ4n) is 6.32. The highest BCUT2D eigenvalue weighted by atomic mass is 35.5. The van der Waals surface area contributed by atoms with Gasteiger partial charge in [-0.25, -0.2) is 0 Å². The summed E-state index contributed by atoms with van der Waals surface area (Å²) in [4.78, 5) is 13.7. The number of anilines is 2. The molecule has 3 aromatic heterocycles. The smallest absolute Gasteiger partial charge is 0.174 e. The summed E-state index contributed by atoms with van der Waals surface area (Å²) in [6.45, 7) is 8.80. The lowest BCUT2D eigenvalue weighted by atomic mass is 9.91. The van der Waals surface area contributed by atoms with Crippen molar-refractivity contribution < 1.29 is 0 Å². The summed E-state index contributed by atoms with van der Waals surface area (Å²) in [7, 11) is 0. The number of aromatic nitrogens is 3. The second kappa shape index (κ2) is 10.6. The van der Waals surface area contributed by atoms with Crippen molar-refractivity contribution in [2.75, 3.05) is 22.9 Å². The van der Waals surface area contributed by atoms with Gasteiger partial charge in [0.05, 0.1) is 34.3 Å². The zero-order chi connectivity index (χ0) is 27.1. The van der Waals surface area contributed by atoms with Gasteiger partial charge in [0, 0.05) is 42.6 Å². The summed E-state index contributed by atoms with van der Waals surface area (Å²) in [5, 5.41) is 4.97. The van der Waals surface area contributed by atoms with Gasteiger partial charge < -0.3 is 19.7 Å². The molecule has 0 aliphatic carbocycles. The molecule has 2 fully saturated rings. The SMILES string of the molecule is Cc1ccc([C@@H]2[C@H](c3ccccn3)NC(=S)N2c2ccc(N3C[C@H](C)C[C@H](C)C3)c(Cl)c2)n1-c1cccnc1. The van der Waals surface area contributed by atoms with Gasteiger partial charge >= 0.3 is 0 Å². The number of nitrogens with zero attached hydrogens (tertiary/aromatic N) is 5. The Kier molecular flexibility index (Phi) is 7.04. The standard InChI is InChI=1S/C31H33ClN6S/c1-20-15-21(2)19-36(18-20)27-12-10-23(16-25(27)32)38-30(29(35-31(38)39)26-8-4-5-14-34-26)28-11-9-22(3)37(28)24-7-6-13-33-17-24/h4-14,16-17,20-21,29-30H,15,18-19H2,1-3H3,(H,35,39)/t20-,21+,29-,30+/m0/s1. The molecule has 8 heteroatoms. The first kappa shape index (κ1) is 25.8. The van der Waals surface area contributed by atoms with Gasteiger partial charge in [-0.3, -0.25) is 9.97 Å². The van der Waals surface area contributed by atoms with Crippen LogP contribution in [0.3, 0.4) is 0 Å². The summed E-state index contributed by atoms with van der Waals surface area (Å²) in [5.41, 5.74) is 6.21. The van der Waals surface area contributed by atoms with Gasteiger partial charge in [0.15, 0.2) is 5.11 Å². The molecule has 2 aliphatic rings. The van der Waals surface area contributed by atoms with Crippen molar-refractivity contribution in [2.24, 2.45) is 11.8 Å². The predicted molar refractivity (Wildman–Crippen MR) is 163 cm³/mol. The molecule has 39 heavy (non-hydrogen) atoms. The first-order chi connectivity index (χ1) is 18.9. The molecule has 0 bridgehead atoms. The van der Waals surface area contributed by atoms with Gasteiger partial charge in [0.1, 0.15) is 6.04 Å². The summed E-state index contributed by atoms with van der Waals surface area (Å²) >= 11 is 13.0. The van der Waals surface area contributed by atoms with Crippen LogP contribution < -0.4 is 15.1 Å². The zero-order valence-corrected chi connectivity index (χ0v) is 24.0. The average Bonchev–Trinajstić information content (AvgIpc) is 3.48. The Hall–Kier alpha value is -3.42. The van der Waals surface area contributed by atoms with Crippen molar-refractivity contribution in [1.29, 1.82) is 0 Å². The van der Waals surface area contributed by atoms with Crippen molar-refractivity contribution in [3.8, 4) is 5.69 Å². The minimum absolute atomic E-state index is 0.148. The molecular formula is C31H33ClN6S. The van der Waals surface area contributed by atoms with E-state index < -0.39 is 0 Å². The highest BCUT2D eigenvalue weighted by Crippen LogP contribution is 2.44. The number of aryl methyl sites for hydroxylation is 1. The first-order valence-corrected chi connectivity index (χ1v) is 14.3. The Morgan fingerprint density at radius 3 is 2.46 bits per heavy atom. The number of hydrogen-bond donors (Lipinski definition) is 1. The summed E-state index contributed by atoms with van der Waals surface area (Å²) in [5.74, 6) is 1.29. The number of rotatable bonds is 5. The Bertz CT molecular complexity index is 1460. The molecular weight excluding hydrogens is 524 g/mol. The van der Waals surface area contributed by atoms with Crippen LogP contribution in [0.15, 0.2) is 79.3 Å². The van der Waals surface area contributed by atoms with Gasteiger partial charge in [-0.15, -0.1) is 0 Å². The number of pyridine rings is 2. The number of hydrogen-bond acceptors (Lipinski definition) is 4. The van der Waals surface area contributed by atoms with Crippen molar-refractivity contribution in [3.63, 3.8) is 0 Å². The fourth-order valence-corrected chi connectivity index (χ4v) is 6.96. The third-order valence-corrected chi connectivity index (χ3v) is 8.45. The first-order valence-electron chi connectivity index (χ1n) is 13.5. The minimum Gasteiger partial charge on any atom is -0.370 e. The van der Waals surface area contributed by atoms with E-state index in [0.29, 0.717) is 16.9 Å². The number of benzene rings is 1. The molecule has 6 nitrogen and oxygen atoms in total. The van der Waals surface area contributed by atoms with Gasteiger partial charge in [-0.05, 0) is 92.0 Å². The second-order valence-corrected chi connectivity index (χ2v) is 11.7. The van der Waals surface area contributed by atoms with Crippen molar-refractivity contribution in [1.82, 2.24) is 19.9 Å². The molecule has 0 radical (unpaired) electrons. The van der Waals surface area contributed by atoms with E-state index >= 15 is 0 Å². The van der Waals surface area contributed by atoms with Crippen LogP contribution in [0.25, 0.3) is 5.69 Å². The van der Waals surface area contributed by atoms with E-state index in [2.05, 4.69) is 87.9 Å². The summed E-state index contributed by atoms with van der Waals surface area (Å²) < 4.78 is 2.25. The molecule has 6 rings (SSSR count). The van der Waals surface area contributed by atoms with E-state index in [1.165, 1.54) is 6.42 Å². The molecule has 4 aromatic rings. The Balaban J connectivity index is 1.44. The summed E-state index contributed by atoms with van der Waals surface area (Å²) in [6.07, 6.45) is 6.78. The zero-order valence-electron chi connectivity index (χ0n) is 22.5. The Labute approximate surface area is 240 Å². The van der Waals surface area contributed by atoms with Gasteiger partial charge in [-0.1, -0.05) is 31.5 Å². The molecule has 1 N–H and O–H groups in total. The van der Waals surface area contributed by atoms with Crippen LogP contribution >= 0.6 is 23.8 Å². The topological polar surface area (TPSA) is 49.2 Å². The minimum atomic E-state index is -0.154. The molecule has 0 amide bonds. The highest BCUT2D eigenvalue weighted by molar-refractivity contribution is 7.80. The molecule has 5 heterocycles. The van der Waals surface area contributed by atoms with E-state index in [9.17, 15) is 0 Å². The van der Waals surface area contributed by atoms with Crippen LogP contribution in [0.4, 0.5) is 11.4 Å². The van der Waals surface area contributed by atoms with E-state index in [-0.39, 0.29) is 12.1 Å². The second-order valence-electron chi connectivity index (χ2n) is 10.9. The molecule has 2 aliphatic heterocycles. The number of piperidine rings is 1. The molecule has 4 atom stereocenters. The van der Waals surface area contributed by atoms with Crippen molar-refractivity contribution in [3.05, 3.63) is 101 Å². The molecule has 1 aromatic carbocycles. The number of thiocarbonyl (C=S) groups is 1. The Morgan fingerprint density at radius 2 is 1.77 bits per heavy atom. The average molecular weight is 557 g/mol. The van der Waals surface area contributed by atoms with Crippen LogP contribution in [-0.2, 0) is 0 Å². The van der Waals surface area contributed by atoms with Crippen LogP contribution in [0.1, 0.15) is 49.4 Å². The lowest BCUT2D eigenvalue weighted by molar-refractivity contribution is 0.357. The largest absolute Gasteiger partial charge is 0.370 e. The van der Waals surface area contributed by atoms with Crippen LogP contribution in [0.5, 0.6) is 0 Å². The maximum atomic E-state index is 7.00. The van der Waals surface area contributed by atoms with Crippen molar-refractivity contribution in [2.45, 2.75) is 39.3 Å². The van der Waals surface area contributed by atoms with E-state index in [0.717, 1.165) is 52.3 Å². The third kappa shape index (κ3) is 4.90. The number of nitrogens with one attached hydrogen (secondary N) is 1. The molecule has 200 valence electrons. The molecule has 2 saturated heterocycles. The predicted octanol–water partition coefficient (Wildman–Crippen LogP) is 6.89. The number of halogens is 1. The summed E-state index contributed by atoms with van der Waals surface area (Å²) in [6, 6.07) is 20.4. The third-order valence-electron chi connectivity index (χ3n) is 7.83. The molecule has 0 spiro atoms. The highest BCUT2D eigenvalue weighted by Gasteiger charge is 2.42. The quantitative estimate of drug-likeness (QED) is 0.270. The lowest BCUT2D eigenvalue weighted by Gasteiger charge is -2.37. The Morgan fingerprint density at radius 1 is 0.949 bits per heavy atom. The maximum Gasteiger partial charge on any atom is 0.174 e. The van der Waals surface area contributed by atoms with Crippen LogP contribution in [0, 0.1) is 18.8 Å². The normalized spacial score (nSPS) is 23.2. The van der Waals surface area contributed by atoms with Gasteiger partial charge in [0.2, 0.25) is 0 Å². The van der Waals surface area contributed by atoms with Crippen molar-refractivity contribution >= 4 is 40.3 Å². The van der Waals surface area contributed by atoms with E-state index in [1.54, 1.807) is 6.20 Å². The van der Waals surface area contributed by atoms with Gasteiger partial charge in [-0.2, -0.15) is 0 Å². The molecule has 0 saturated carbocycles.